The Balaban J connectivity index is 1.77. The highest BCUT2D eigenvalue weighted by Crippen LogP contribution is 2.40. The molecule has 1 aliphatic carbocycles. The van der Waals surface area contributed by atoms with E-state index in [2.05, 4.69) is 24.3 Å². The van der Waals surface area contributed by atoms with E-state index < -0.39 is 0 Å². The first kappa shape index (κ1) is 12.2. The van der Waals surface area contributed by atoms with Gasteiger partial charge < -0.3 is 10.5 Å². The van der Waals surface area contributed by atoms with Crippen molar-refractivity contribution in [2.24, 2.45) is 11.1 Å². The Bertz CT molecular complexity index is 411. The summed E-state index contributed by atoms with van der Waals surface area (Å²) in [5.74, 6) is 0. The lowest BCUT2D eigenvalue weighted by Crippen LogP contribution is -2.39. The molecule has 0 radical (unpaired) electrons. The predicted octanol–water partition coefficient (Wildman–Crippen LogP) is 2.69. The topological polar surface area (TPSA) is 35.2 Å². The van der Waals surface area contributed by atoms with E-state index in [4.69, 9.17) is 10.5 Å². The lowest BCUT2D eigenvalue weighted by atomic mass is 9.68. The number of nitrogens with two attached hydrogens (primary N) is 1. The number of hydrogen-bond acceptors (Lipinski definition) is 2. The third-order valence-electron chi connectivity index (χ3n) is 4.73. The Labute approximate surface area is 110 Å². The predicted molar refractivity (Wildman–Crippen MR) is 73.5 cm³/mol. The summed E-state index contributed by atoms with van der Waals surface area (Å²) >= 11 is 0. The first-order valence-corrected chi connectivity index (χ1v) is 7.20. The Morgan fingerprint density at radius 1 is 1.28 bits per heavy atom. The van der Waals surface area contributed by atoms with Crippen molar-refractivity contribution >= 4 is 0 Å². The van der Waals surface area contributed by atoms with Gasteiger partial charge in [0.05, 0.1) is 6.10 Å². The van der Waals surface area contributed by atoms with Crippen molar-refractivity contribution in [3.05, 3.63) is 35.4 Å². The van der Waals surface area contributed by atoms with Crippen LogP contribution in [0.2, 0.25) is 0 Å². The van der Waals surface area contributed by atoms with Gasteiger partial charge in [0.25, 0.3) is 0 Å². The molecular formula is C16H23NO. The fraction of sp³-hybridized carbons (Fsp3) is 0.625. The monoisotopic (exact) mass is 245 g/mol. The zero-order chi connectivity index (χ0) is 12.4. The smallest absolute Gasteiger partial charge is 0.0581 e. The number of ether oxygens (including phenoxy) is 1. The molecule has 2 unspecified atom stereocenters. The molecule has 1 heterocycles. The molecule has 0 amide bonds. The summed E-state index contributed by atoms with van der Waals surface area (Å²) in [7, 11) is 0. The van der Waals surface area contributed by atoms with E-state index in [9.17, 15) is 0 Å². The minimum absolute atomic E-state index is 0.281. The van der Waals surface area contributed by atoms with Crippen LogP contribution in [0.5, 0.6) is 0 Å². The molecule has 1 aromatic carbocycles. The minimum atomic E-state index is 0.281. The molecular weight excluding hydrogens is 222 g/mol. The van der Waals surface area contributed by atoms with Crippen molar-refractivity contribution in [2.75, 3.05) is 13.2 Å². The van der Waals surface area contributed by atoms with Gasteiger partial charge in [-0.1, -0.05) is 24.3 Å². The molecule has 1 saturated heterocycles. The highest BCUT2D eigenvalue weighted by molar-refractivity contribution is 5.31. The molecule has 1 aromatic rings. The Kier molecular flexibility index (Phi) is 3.40. The van der Waals surface area contributed by atoms with E-state index in [0.717, 1.165) is 26.0 Å². The zero-order valence-corrected chi connectivity index (χ0v) is 11.0. The maximum atomic E-state index is 6.12. The third kappa shape index (κ3) is 2.32. The van der Waals surface area contributed by atoms with E-state index in [0.29, 0.717) is 6.10 Å². The van der Waals surface area contributed by atoms with E-state index in [1.54, 1.807) is 0 Å². The molecule has 1 aliphatic heterocycles. The van der Waals surface area contributed by atoms with Crippen molar-refractivity contribution in [3.63, 3.8) is 0 Å². The summed E-state index contributed by atoms with van der Waals surface area (Å²) in [6.45, 7) is 1.74. The van der Waals surface area contributed by atoms with E-state index in [1.165, 1.54) is 36.8 Å². The third-order valence-corrected chi connectivity index (χ3v) is 4.73. The Hall–Kier alpha value is -0.860. The van der Waals surface area contributed by atoms with Gasteiger partial charge in [0.2, 0.25) is 0 Å². The first-order chi connectivity index (χ1) is 8.81. The van der Waals surface area contributed by atoms with Crippen LogP contribution in [-0.2, 0) is 17.6 Å². The van der Waals surface area contributed by atoms with Gasteiger partial charge in [-0.25, -0.2) is 0 Å². The molecule has 0 bridgehead atoms. The van der Waals surface area contributed by atoms with E-state index in [1.807, 2.05) is 0 Å². The summed E-state index contributed by atoms with van der Waals surface area (Å²) in [6.07, 6.45) is 7.60. The van der Waals surface area contributed by atoms with Crippen LogP contribution in [-0.4, -0.2) is 19.3 Å². The molecule has 0 spiro atoms. The lowest BCUT2D eigenvalue weighted by molar-refractivity contribution is 0.0572. The minimum Gasteiger partial charge on any atom is -0.378 e. The molecule has 2 heteroatoms. The van der Waals surface area contributed by atoms with Gasteiger partial charge in [-0.2, -0.15) is 0 Å². The van der Waals surface area contributed by atoms with Crippen molar-refractivity contribution in [1.82, 2.24) is 0 Å². The Morgan fingerprint density at radius 3 is 2.83 bits per heavy atom. The summed E-state index contributed by atoms with van der Waals surface area (Å²) in [6, 6.07) is 8.84. The van der Waals surface area contributed by atoms with Crippen LogP contribution in [0, 0.1) is 5.41 Å². The zero-order valence-electron chi connectivity index (χ0n) is 11.0. The average molecular weight is 245 g/mol. The molecule has 0 aromatic heterocycles. The van der Waals surface area contributed by atoms with Crippen LogP contribution >= 0.6 is 0 Å². The van der Waals surface area contributed by atoms with E-state index >= 15 is 0 Å². The summed E-state index contributed by atoms with van der Waals surface area (Å²) in [5.41, 5.74) is 9.43. The normalized spacial score (nSPS) is 31.3. The van der Waals surface area contributed by atoms with Gasteiger partial charge in [-0.3, -0.25) is 0 Å². The maximum Gasteiger partial charge on any atom is 0.0581 e. The second kappa shape index (κ2) is 5.02. The van der Waals surface area contributed by atoms with Gasteiger partial charge >= 0.3 is 0 Å². The number of fused-ring (bicyclic) bond motifs is 1. The molecule has 2 nitrogen and oxygen atoms in total. The quantitative estimate of drug-likeness (QED) is 0.888. The highest BCUT2D eigenvalue weighted by Gasteiger charge is 2.36. The second-order valence-electron chi connectivity index (χ2n) is 5.99. The molecule has 2 atom stereocenters. The molecule has 0 saturated carbocycles. The summed E-state index contributed by atoms with van der Waals surface area (Å²) < 4.78 is 5.81. The summed E-state index contributed by atoms with van der Waals surface area (Å²) in [4.78, 5) is 0. The van der Waals surface area contributed by atoms with Gasteiger partial charge in [0.1, 0.15) is 0 Å². The van der Waals surface area contributed by atoms with Crippen LogP contribution in [0.25, 0.3) is 0 Å². The highest BCUT2D eigenvalue weighted by atomic mass is 16.5. The van der Waals surface area contributed by atoms with Gasteiger partial charge in [-0.05, 0) is 61.6 Å². The molecule has 2 N–H and O–H groups in total. The van der Waals surface area contributed by atoms with Gasteiger partial charge in [0.15, 0.2) is 0 Å². The fourth-order valence-corrected chi connectivity index (χ4v) is 3.59. The Morgan fingerprint density at radius 2 is 2.11 bits per heavy atom. The van der Waals surface area contributed by atoms with E-state index in [-0.39, 0.29) is 5.41 Å². The van der Waals surface area contributed by atoms with Crippen LogP contribution < -0.4 is 5.73 Å². The van der Waals surface area contributed by atoms with Gasteiger partial charge in [-0.15, -0.1) is 0 Å². The van der Waals surface area contributed by atoms with Crippen LogP contribution in [0.1, 0.15) is 36.8 Å². The molecule has 18 heavy (non-hydrogen) atoms. The average Bonchev–Trinajstić information content (AvgIpc) is 2.91. The van der Waals surface area contributed by atoms with Crippen LogP contribution in [0.4, 0.5) is 0 Å². The van der Waals surface area contributed by atoms with Crippen molar-refractivity contribution < 1.29 is 4.74 Å². The SMILES string of the molecule is NCC1(CC2CCCO2)CCc2ccccc2C1. The number of benzene rings is 1. The van der Waals surface area contributed by atoms with Gasteiger partial charge in [0, 0.05) is 6.61 Å². The number of hydrogen-bond donors (Lipinski definition) is 1. The van der Waals surface area contributed by atoms with Crippen molar-refractivity contribution in [1.29, 1.82) is 0 Å². The van der Waals surface area contributed by atoms with Crippen LogP contribution in [0.3, 0.4) is 0 Å². The number of rotatable bonds is 3. The fourth-order valence-electron chi connectivity index (χ4n) is 3.59. The maximum absolute atomic E-state index is 6.12. The standard InChI is InChI=1S/C16H23NO/c17-12-16(11-15-6-3-9-18-15)8-7-13-4-1-2-5-14(13)10-16/h1-2,4-5,15H,3,6-12,17H2. The van der Waals surface area contributed by atoms with Crippen molar-refractivity contribution in [3.8, 4) is 0 Å². The number of aryl methyl sites for hydroxylation is 1. The summed E-state index contributed by atoms with van der Waals surface area (Å²) in [5, 5.41) is 0. The molecule has 3 rings (SSSR count). The molecule has 1 fully saturated rings. The second-order valence-corrected chi connectivity index (χ2v) is 5.99. The first-order valence-electron chi connectivity index (χ1n) is 7.20. The lowest BCUT2D eigenvalue weighted by Gasteiger charge is -2.39. The molecule has 2 aliphatic rings. The van der Waals surface area contributed by atoms with Crippen LogP contribution in [0.15, 0.2) is 24.3 Å². The largest absolute Gasteiger partial charge is 0.378 e. The van der Waals surface area contributed by atoms with Crippen molar-refractivity contribution in [2.45, 2.75) is 44.6 Å². The molecule has 98 valence electrons.